The van der Waals surface area contributed by atoms with Crippen LogP contribution in [0.15, 0.2) is 36.5 Å². The lowest BCUT2D eigenvalue weighted by atomic mass is 9.88. The molecule has 0 aromatic carbocycles. The smallest absolute Gasteiger partial charge is 0.00964 e. The maximum absolute atomic E-state index is 3.96. The van der Waals surface area contributed by atoms with E-state index in [0.717, 1.165) is 11.6 Å². The minimum absolute atomic E-state index is 0.712. The Morgan fingerprint density at radius 2 is 1.81 bits per heavy atom. The first-order chi connectivity index (χ1) is 7.70. The molecule has 1 saturated heterocycles. The summed E-state index contributed by atoms with van der Waals surface area (Å²) in [5, 5.41) is 0. The van der Waals surface area contributed by atoms with E-state index >= 15 is 0 Å². The molecule has 0 unspecified atom stereocenters. The largest absolute Gasteiger partial charge is 0.300 e. The van der Waals surface area contributed by atoms with E-state index in [9.17, 15) is 0 Å². The minimum atomic E-state index is 0.712. The van der Waals surface area contributed by atoms with Gasteiger partial charge in [-0.25, -0.2) is 0 Å². The topological polar surface area (TPSA) is 3.24 Å². The third-order valence-corrected chi connectivity index (χ3v) is 3.71. The fourth-order valence-electron chi connectivity index (χ4n) is 2.67. The van der Waals surface area contributed by atoms with Crippen molar-refractivity contribution in [3.8, 4) is 0 Å². The molecular formula is C15H23N. The predicted molar refractivity (Wildman–Crippen MR) is 70.4 cm³/mol. The summed E-state index contributed by atoms with van der Waals surface area (Å²) >= 11 is 0. The van der Waals surface area contributed by atoms with Gasteiger partial charge >= 0.3 is 0 Å². The Labute approximate surface area is 99.5 Å². The second-order valence-corrected chi connectivity index (χ2v) is 5.24. The van der Waals surface area contributed by atoms with Gasteiger partial charge in [0.15, 0.2) is 0 Å². The fourth-order valence-corrected chi connectivity index (χ4v) is 2.67. The maximum Gasteiger partial charge on any atom is 0.00964 e. The molecule has 0 radical (unpaired) electrons. The van der Waals surface area contributed by atoms with Gasteiger partial charge in [-0.1, -0.05) is 30.9 Å². The van der Waals surface area contributed by atoms with E-state index in [-0.39, 0.29) is 0 Å². The Kier molecular flexibility index (Phi) is 3.65. The van der Waals surface area contributed by atoms with Crippen LogP contribution in [-0.4, -0.2) is 24.0 Å². The van der Waals surface area contributed by atoms with Gasteiger partial charge in [-0.3, -0.25) is 0 Å². The highest BCUT2D eigenvalue weighted by atomic mass is 15.2. The van der Waals surface area contributed by atoms with Crippen molar-refractivity contribution in [1.82, 2.24) is 4.90 Å². The summed E-state index contributed by atoms with van der Waals surface area (Å²) in [7, 11) is 0. The SMILES string of the molecule is C=C/C(=C\C(=C)C)C1CCN(C2CC2)CC1. The van der Waals surface area contributed by atoms with E-state index in [4.69, 9.17) is 0 Å². The molecule has 1 heterocycles. The highest BCUT2D eigenvalue weighted by Gasteiger charge is 2.32. The molecule has 0 N–H and O–H groups in total. The molecule has 88 valence electrons. The van der Waals surface area contributed by atoms with Crippen molar-refractivity contribution >= 4 is 0 Å². The molecule has 1 heteroatoms. The number of piperidine rings is 1. The summed E-state index contributed by atoms with van der Waals surface area (Å²) in [6.07, 6.45) is 9.67. The molecule has 2 aliphatic rings. The molecule has 0 spiro atoms. The van der Waals surface area contributed by atoms with Gasteiger partial charge in [-0.05, 0) is 57.2 Å². The zero-order valence-corrected chi connectivity index (χ0v) is 10.4. The summed E-state index contributed by atoms with van der Waals surface area (Å²) in [4.78, 5) is 2.66. The molecule has 1 aliphatic heterocycles. The summed E-state index contributed by atoms with van der Waals surface area (Å²) in [5.74, 6) is 0.712. The second kappa shape index (κ2) is 5.01. The summed E-state index contributed by atoms with van der Waals surface area (Å²) in [6.45, 7) is 12.5. The normalized spacial score (nSPS) is 24.4. The van der Waals surface area contributed by atoms with Crippen LogP contribution in [0.5, 0.6) is 0 Å². The van der Waals surface area contributed by atoms with Gasteiger partial charge in [0.25, 0.3) is 0 Å². The Bertz CT molecular complexity index is 301. The third kappa shape index (κ3) is 2.85. The van der Waals surface area contributed by atoms with Gasteiger partial charge in [0.1, 0.15) is 0 Å². The van der Waals surface area contributed by atoms with Gasteiger partial charge in [0, 0.05) is 6.04 Å². The molecular weight excluding hydrogens is 194 g/mol. The van der Waals surface area contributed by atoms with Crippen LogP contribution in [0.2, 0.25) is 0 Å². The van der Waals surface area contributed by atoms with Crippen LogP contribution in [0.25, 0.3) is 0 Å². The molecule has 2 fully saturated rings. The molecule has 1 nitrogen and oxygen atoms in total. The lowest BCUT2D eigenvalue weighted by molar-refractivity contribution is 0.191. The van der Waals surface area contributed by atoms with Crippen molar-refractivity contribution in [2.24, 2.45) is 5.92 Å². The predicted octanol–water partition coefficient (Wildman–Crippen LogP) is 3.55. The molecule has 1 aliphatic carbocycles. The molecule has 1 saturated carbocycles. The first kappa shape index (κ1) is 11.7. The van der Waals surface area contributed by atoms with Crippen LogP contribution >= 0.6 is 0 Å². The number of nitrogens with zero attached hydrogens (tertiary/aromatic N) is 1. The van der Waals surface area contributed by atoms with E-state index in [1.54, 1.807) is 0 Å². The molecule has 0 aromatic heterocycles. The van der Waals surface area contributed by atoms with E-state index in [1.807, 2.05) is 6.08 Å². The van der Waals surface area contributed by atoms with E-state index < -0.39 is 0 Å². The summed E-state index contributed by atoms with van der Waals surface area (Å²) in [6, 6.07) is 0.929. The Morgan fingerprint density at radius 3 is 2.25 bits per heavy atom. The molecule has 0 atom stereocenters. The Morgan fingerprint density at radius 1 is 1.19 bits per heavy atom. The summed E-state index contributed by atoms with van der Waals surface area (Å²) in [5.41, 5.74) is 2.53. The van der Waals surface area contributed by atoms with E-state index in [0.29, 0.717) is 5.92 Å². The van der Waals surface area contributed by atoms with Crippen LogP contribution in [0.4, 0.5) is 0 Å². The summed E-state index contributed by atoms with van der Waals surface area (Å²) < 4.78 is 0. The zero-order valence-electron chi connectivity index (χ0n) is 10.4. The first-order valence-corrected chi connectivity index (χ1v) is 6.44. The second-order valence-electron chi connectivity index (χ2n) is 5.24. The number of allylic oxidation sites excluding steroid dienone is 4. The average molecular weight is 217 g/mol. The van der Waals surface area contributed by atoms with Crippen molar-refractivity contribution in [3.63, 3.8) is 0 Å². The van der Waals surface area contributed by atoms with Crippen LogP contribution in [0.3, 0.4) is 0 Å². The Balaban J connectivity index is 1.91. The van der Waals surface area contributed by atoms with Crippen molar-refractivity contribution < 1.29 is 0 Å². The van der Waals surface area contributed by atoms with Crippen molar-refractivity contribution in [1.29, 1.82) is 0 Å². The van der Waals surface area contributed by atoms with Crippen LogP contribution in [0, 0.1) is 5.92 Å². The van der Waals surface area contributed by atoms with Crippen molar-refractivity contribution in [2.75, 3.05) is 13.1 Å². The third-order valence-electron chi connectivity index (χ3n) is 3.71. The number of hydrogen-bond acceptors (Lipinski definition) is 1. The highest BCUT2D eigenvalue weighted by Crippen LogP contribution is 2.33. The van der Waals surface area contributed by atoms with Gasteiger partial charge in [0.2, 0.25) is 0 Å². The minimum Gasteiger partial charge on any atom is -0.300 e. The number of likely N-dealkylation sites (tertiary alicyclic amines) is 1. The molecule has 2 rings (SSSR count). The number of hydrogen-bond donors (Lipinski definition) is 0. The molecule has 0 aromatic rings. The van der Waals surface area contributed by atoms with E-state index in [1.165, 1.54) is 44.3 Å². The molecule has 16 heavy (non-hydrogen) atoms. The Hall–Kier alpha value is -0.820. The van der Waals surface area contributed by atoms with Crippen LogP contribution in [0.1, 0.15) is 32.6 Å². The standard InChI is InChI=1S/C15H23N/c1-4-13(11-12(2)3)14-7-9-16(10-8-14)15-5-6-15/h4,11,14-15H,1-2,5-10H2,3H3/b13-11+. The molecule has 0 bridgehead atoms. The first-order valence-electron chi connectivity index (χ1n) is 6.44. The lowest BCUT2D eigenvalue weighted by Gasteiger charge is -2.32. The van der Waals surface area contributed by atoms with Crippen LogP contribution < -0.4 is 0 Å². The highest BCUT2D eigenvalue weighted by molar-refractivity contribution is 5.28. The van der Waals surface area contributed by atoms with Gasteiger partial charge < -0.3 is 4.90 Å². The van der Waals surface area contributed by atoms with Gasteiger partial charge in [-0.2, -0.15) is 0 Å². The van der Waals surface area contributed by atoms with Crippen molar-refractivity contribution in [2.45, 2.75) is 38.6 Å². The lowest BCUT2D eigenvalue weighted by Crippen LogP contribution is -2.35. The fraction of sp³-hybridized carbons (Fsp3) is 0.600. The van der Waals surface area contributed by atoms with Gasteiger partial charge in [-0.15, -0.1) is 0 Å². The maximum atomic E-state index is 3.96. The van der Waals surface area contributed by atoms with Crippen molar-refractivity contribution in [3.05, 3.63) is 36.5 Å². The van der Waals surface area contributed by atoms with Crippen LogP contribution in [-0.2, 0) is 0 Å². The molecule has 0 amide bonds. The van der Waals surface area contributed by atoms with E-state index in [2.05, 4.69) is 31.1 Å². The quantitative estimate of drug-likeness (QED) is 0.651. The van der Waals surface area contributed by atoms with Gasteiger partial charge in [0.05, 0.1) is 0 Å². The average Bonchev–Trinajstić information content (AvgIpc) is 3.10. The zero-order chi connectivity index (χ0) is 11.5. The monoisotopic (exact) mass is 217 g/mol. The number of rotatable bonds is 4.